The molecule has 0 heterocycles. The van der Waals surface area contributed by atoms with Gasteiger partial charge in [-0.25, -0.2) is 0 Å². The normalized spacial score (nSPS) is 14.0. The van der Waals surface area contributed by atoms with Crippen LogP contribution in [0.4, 0.5) is 0 Å². The van der Waals surface area contributed by atoms with E-state index in [1.54, 1.807) is 0 Å². The minimum Gasteiger partial charge on any atom is -0.326 e. The van der Waals surface area contributed by atoms with Gasteiger partial charge in [-0.2, -0.15) is 0 Å². The van der Waals surface area contributed by atoms with E-state index in [4.69, 9.17) is 11.5 Å². The highest BCUT2D eigenvalue weighted by molar-refractivity contribution is 5.97. The molecule has 2 heteroatoms. The Morgan fingerprint density at radius 2 is 1.28 bits per heavy atom. The monoisotopic (exact) mass is 380 g/mol. The van der Waals surface area contributed by atoms with Gasteiger partial charge in [0.1, 0.15) is 0 Å². The van der Waals surface area contributed by atoms with Gasteiger partial charge >= 0.3 is 0 Å². The molecule has 0 saturated carbocycles. The third-order valence-electron chi connectivity index (χ3n) is 5.72. The van der Waals surface area contributed by atoms with E-state index in [0.717, 1.165) is 12.8 Å². The highest BCUT2D eigenvalue weighted by Gasteiger charge is 2.24. The van der Waals surface area contributed by atoms with E-state index in [0.29, 0.717) is 13.1 Å². The van der Waals surface area contributed by atoms with E-state index in [-0.39, 0.29) is 0 Å². The summed E-state index contributed by atoms with van der Waals surface area (Å²) in [5.74, 6) is 0. The van der Waals surface area contributed by atoms with Crippen LogP contribution in [0.15, 0.2) is 90.0 Å². The van der Waals surface area contributed by atoms with Crippen LogP contribution < -0.4 is 11.5 Å². The van der Waals surface area contributed by atoms with Crippen molar-refractivity contribution < 1.29 is 0 Å². The number of hydrogen-bond donors (Lipinski definition) is 2. The number of rotatable bonds is 6. The first kappa shape index (κ1) is 19.4. The minimum atomic E-state index is 0.559. The van der Waals surface area contributed by atoms with Crippen LogP contribution in [-0.2, 0) is 19.5 Å². The molecule has 3 aromatic carbocycles. The molecule has 0 amide bonds. The smallest absolute Gasteiger partial charge is 0.0178 e. The summed E-state index contributed by atoms with van der Waals surface area (Å²) in [6.45, 7) is 3.38. The van der Waals surface area contributed by atoms with Crippen molar-refractivity contribution in [3.8, 4) is 0 Å². The summed E-state index contributed by atoms with van der Waals surface area (Å²) < 4.78 is 0. The average Bonchev–Trinajstić information content (AvgIpc) is 3.10. The van der Waals surface area contributed by atoms with Gasteiger partial charge in [0.05, 0.1) is 0 Å². The highest BCUT2D eigenvalue weighted by atomic mass is 14.5. The Bertz CT molecular complexity index is 1070. The van der Waals surface area contributed by atoms with Crippen LogP contribution in [0.1, 0.15) is 41.2 Å². The van der Waals surface area contributed by atoms with Crippen LogP contribution in [-0.4, -0.2) is 0 Å². The molecule has 0 saturated heterocycles. The quantitative estimate of drug-likeness (QED) is 0.595. The molecule has 0 spiro atoms. The van der Waals surface area contributed by atoms with Gasteiger partial charge in [-0.3, -0.25) is 0 Å². The molecule has 4 N–H and O–H groups in total. The minimum absolute atomic E-state index is 0.559. The van der Waals surface area contributed by atoms with Gasteiger partial charge in [0.15, 0.2) is 0 Å². The summed E-state index contributed by atoms with van der Waals surface area (Å²) in [4.78, 5) is 0. The van der Waals surface area contributed by atoms with Gasteiger partial charge < -0.3 is 11.5 Å². The van der Waals surface area contributed by atoms with E-state index in [1.807, 2.05) is 0 Å². The van der Waals surface area contributed by atoms with E-state index < -0.39 is 0 Å². The predicted octanol–water partition coefficient (Wildman–Crippen LogP) is 5.48. The summed E-state index contributed by atoms with van der Waals surface area (Å²) in [5.41, 5.74) is 23.7. The van der Waals surface area contributed by atoms with Gasteiger partial charge in [-0.15, -0.1) is 0 Å². The van der Waals surface area contributed by atoms with E-state index >= 15 is 0 Å². The molecular weight excluding hydrogens is 352 g/mol. The molecule has 29 heavy (non-hydrogen) atoms. The van der Waals surface area contributed by atoms with E-state index in [1.165, 1.54) is 50.1 Å². The van der Waals surface area contributed by atoms with Crippen LogP contribution in [0.2, 0.25) is 0 Å². The van der Waals surface area contributed by atoms with Crippen molar-refractivity contribution >= 4 is 11.1 Å². The largest absolute Gasteiger partial charge is 0.326 e. The molecule has 0 aromatic heterocycles. The van der Waals surface area contributed by atoms with Gasteiger partial charge in [0.2, 0.25) is 0 Å². The first-order valence-corrected chi connectivity index (χ1v) is 10.2. The number of benzene rings is 3. The second kappa shape index (κ2) is 8.60. The lowest BCUT2D eigenvalue weighted by molar-refractivity contribution is 1.07. The lowest BCUT2D eigenvalue weighted by Gasteiger charge is -2.15. The molecule has 1 aliphatic carbocycles. The molecule has 0 radical (unpaired) electrons. The van der Waals surface area contributed by atoms with Crippen molar-refractivity contribution in [3.63, 3.8) is 0 Å². The Balaban J connectivity index is 1.85. The number of allylic oxidation sites excluding steroid dienone is 4. The van der Waals surface area contributed by atoms with Crippen molar-refractivity contribution in [1.82, 2.24) is 0 Å². The van der Waals surface area contributed by atoms with Crippen molar-refractivity contribution in [2.45, 2.75) is 32.9 Å². The molecule has 4 rings (SSSR count). The van der Waals surface area contributed by atoms with Crippen LogP contribution in [0, 0.1) is 0 Å². The zero-order valence-electron chi connectivity index (χ0n) is 17.0. The van der Waals surface area contributed by atoms with E-state index in [9.17, 15) is 0 Å². The molecule has 1 aliphatic rings. The van der Waals surface area contributed by atoms with Crippen LogP contribution >= 0.6 is 0 Å². The summed E-state index contributed by atoms with van der Waals surface area (Å²) in [7, 11) is 0. The third kappa shape index (κ3) is 4.09. The molecule has 0 bridgehead atoms. The molecule has 2 nitrogen and oxygen atoms in total. The van der Waals surface area contributed by atoms with Gasteiger partial charge in [0.25, 0.3) is 0 Å². The second-order valence-corrected chi connectivity index (χ2v) is 7.76. The molecule has 146 valence electrons. The van der Waals surface area contributed by atoms with Gasteiger partial charge in [-0.05, 0) is 70.4 Å². The lowest BCUT2D eigenvalue weighted by atomic mass is 9.89. The molecular formula is C27H28N2. The van der Waals surface area contributed by atoms with Crippen molar-refractivity contribution in [3.05, 3.63) is 118 Å². The molecule has 0 unspecified atom stereocenters. The van der Waals surface area contributed by atoms with E-state index in [2.05, 4.69) is 85.8 Å². The number of hydrogen-bond acceptors (Lipinski definition) is 2. The van der Waals surface area contributed by atoms with Gasteiger partial charge in [0, 0.05) is 13.1 Å². The first-order valence-electron chi connectivity index (χ1n) is 10.2. The Morgan fingerprint density at radius 3 is 1.93 bits per heavy atom. The lowest BCUT2D eigenvalue weighted by Crippen LogP contribution is -2.00. The van der Waals surface area contributed by atoms with Crippen molar-refractivity contribution in [2.24, 2.45) is 11.5 Å². The topological polar surface area (TPSA) is 52.0 Å². The third-order valence-corrected chi connectivity index (χ3v) is 5.72. The summed E-state index contributed by atoms with van der Waals surface area (Å²) >= 11 is 0. The number of nitrogens with two attached hydrogens (primary N) is 2. The second-order valence-electron chi connectivity index (χ2n) is 7.76. The molecule has 0 atom stereocenters. The van der Waals surface area contributed by atoms with Crippen molar-refractivity contribution in [2.75, 3.05) is 0 Å². The maximum atomic E-state index is 5.92. The Morgan fingerprint density at radius 1 is 0.690 bits per heavy atom. The van der Waals surface area contributed by atoms with Crippen LogP contribution in [0.25, 0.3) is 11.1 Å². The molecule has 0 fully saturated rings. The fraction of sp³-hybridized carbons (Fsp3) is 0.185. The van der Waals surface area contributed by atoms with Crippen molar-refractivity contribution in [1.29, 1.82) is 0 Å². The maximum absolute atomic E-state index is 5.92. The standard InChI is InChI=1S/C27H28N2/c1-19-13-25(23-11-5-9-21(14-23)17-28)26(16-20-7-3-2-4-8-20)27(19)24-12-6-10-22(15-24)18-29/h2-12,14-15H,13,16-18,28-29H2,1H3. The Kier molecular flexibility index (Phi) is 5.75. The Labute approximate surface area is 173 Å². The summed E-state index contributed by atoms with van der Waals surface area (Å²) in [6.07, 6.45) is 1.89. The predicted molar refractivity (Wildman–Crippen MR) is 123 cm³/mol. The summed E-state index contributed by atoms with van der Waals surface area (Å²) in [5, 5.41) is 0. The fourth-order valence-corrected chi connectivity index (χ4v) is 4.30. The van der Waals surface area contributed by atoms with Crippen LogP contribution in [0.3, 0.4) is 0 Å². The zero-order valence-corrected chi connectivity index (χ0v) is 17.0. The Hall–Kier alpha value is -2.94. The van der Waals surface area contributed by atoms with Gasteiger partial charge in [-0.1, -0.05) is 78.4 Å². The molecule has 0 aliphatic heterocycles. The maximum Gasteiger partial charge on any atom is 0.0178 e. The first-order chi connectivity index (χ1) is 14.2. The highest BCUT2D eigenvalue weighted by Crippen LogP contribution is 2.44. The SMILES string of the molecule is CC1=C(c2cccc(CN)c2)C(Cc2ccccc2)=C(c2cccc(CN)c2)C1. The van der Waals surface area contributed by atoms with Crippen LogP contribution in [0.5, 0.6) is 0 Å². The zero-order chi connectivity index (χ0) is 20.2. The average molecular weight is 381 g/mol. The molecule has 3 aromatic rings. The fourth-order valence-electron chi connectivity index (χ4n) is 4.30. The summed E-state index contributed by atoms with van der Waals surface area (Å²) in [6, 6.07) is 28.1.